The van der Waals surface area contributed by atoms with E-state index in [2.05, 4.69) is 5.32 Å². The van der Waals surface area contributed by atoms with Gasteiger partial charge in [0.2, 0.25) is 5.91 Å². The van der Waals surface area contributed by atoms with Crippen molar-refractivity contribution < 1.29 is 41.9 Å². The van der Waals surface area contributed by atoms with Crippen molar-refractivity contribution in [2.45, 2.75) is 33.3 Å². The van der Waals surface area contributed by atoms with Crippen LogP contribution in [0.1, 0.15) is 27.2 Å². The fourth-order valence-corrected chi connectivity index (χ4v) is 2.86. The lowest BCUT2D eigenvalue weighted by molar-refractivity contribution is -0.154. The molecule has 0 saturated heterocycles. The van der Waals surface area contributed by atoms with Crippen molar-refractivity contribution >= 4 is 39.7 Å². The molecule has 1 amide bonds. The molecule has 28 heavy (non-hydrogen) atoms. The third-order valence-corrected chi connectivity index (χ3v) is 5.44. The maximum atomic E-state index is 11.7. The second-order valence-corrected chi connectivity index (χ2v) is 8.80. The number of esters is 2. The fraction of sp³-hybridized carbons (Fsp3) is 0.812. The molecule has 0 saturated carbocycles. The first-order valence-corrected chi connectivity index (χ1v) is 11.5. The van der Waals surface area contributed by atoms with E-state index in [1.807, 2.05) is 6.92 Å². The summed E-state index contributed by atoms with van der Waals surface area (Å²) in [5, 5.41) is 12.0. The molecule has 0 bridgehead atoms. The van der Waals surface area contributed by atoms with Gasteiger partial charge >= 0.3 is 11.9 Å². The second-order valence-electron chi connectivity index (χ2n) is 6.25. The lowest BCUT2D eigenvalue weighted by atomic mass is 10.1. The number of aliphatic hydroxyl groups excluding tert-OH is 1. The van der Waals surface area contributed by atoms with E-state index >= 15 is 0 Å². The average molecular weight is 443 g/mol. The van der Waals surface area contributed by atoms with Crippen molar-refractivity contribution in [2.75, 3.05) is 37.0 Å². The van der Waals surface area contributed by atoms with Crippen LogP contribution in [0.15, 0.2) is 0 Å². The Morgan fingerprint density at radius 1 is 1.14 bits per heavy atom. The predicted octanol–water partition coefficient (Wildman–Crippen LogP) is -0.489. The topological polar surface area (TPSA) is 159 Å². The van der Waals surface area contributed by atoms with E-state index in [4.69, 9.17) is 9.47 Å². The summed E-state index contributed by atoms with van der Waals surface area (Å²) in [5.74, 6) is -2.67. The molecule has 0 aliphatic heterocycles. The number of carbonyl (C=O) groups is 3. The lowest BCUT2D eigenvalue weighted by Crippen LogP contribution is -2.34. The molecule has 0 aromatic carbocycles. The van der Waals surface area contributed by atoms with Gasteiger partial charge in [-0.25, -0.2) is 8.42 Å². The Morgan fingerprint density at radius 2 is 1.75 bits per heavy atom. The van der Waals surface area contributed by atoms with Crippen molar-refractivity contribution in [3.05, 3.63) is 0 Å². The number of thioether (sulfide) groups is 1. The minimum atomic E-state index is -4.38. The minimum Gasteiger partial charge on any atom is -0.748 e. The van der Waals surface area contributed by atoms with Crippen LogP contribution >= 0.6 is 11.8 Å². The number of carbonyl (C=O) groups excluding carboxylic acids is 3. The van der Waals surface area contributed by atoms with Gasteiger partial charge in [-0.05, 0) is 6.42 Å². The zero-order valence-corrected chi connectivity index (χ0v) is 17.8. The molecule has 0 aromatic rings. The van der Waals surface area contributed by atoms with Crippen molar-refractivity contribution in [2.24, 2.45) is 11.8 Å². The van der Waals surface area contributed by atoms with Crippen LogP contribution in [0.2, 0.25) is 0 Å². The van der Waals surface area contributed by atoms with Gasteiger partial charge in [-0.1, -0.05) is 20.8 Å². The molecule has 0 radical (unpaired) electrons. The first-order chi connectivity index (χ1) is 13.0. The number of ether oxygens (including phenoxy) is 2. The molecular formula is C16H28NO9S2-. The summed E-state index contributed by atoms with van der Waals surface area (Å²) in [6.07, 6.45) is -0.501. The van der Waals surface area contributed by atoms with Crippen molar-refractivity contribution in [1.29, 1.82) is 0 Å². The normalized spacial score (nSPS) is 14.6. The Balaban J connectivity index is 3.91. The number of aliphatic hydroxyl groups is 1. The van der Waals surface area contributed by atoms with Crippen LogP contribution in [0.4, 0.5) is 0 Å². The summed E-state index contributed by atoms with van der Waals surface area (Å²) in [6, 6.07) is 0. The van der Waals surface area contributed by atoms with Gasteiger partial charge in [0.15, 0.2) is 0 Å². The zero-order valence-electron chi connectivity index (χ0n) is 16.2. The van der Waals surface area contributed by atoms with E-state index in [-0.39, 0.29) is 37.2 Å². The van der Waals surface area contributed by atoms with Crippen LogP contribution in [0.3, 0.4) is 0 Å². The van der Waals surface area contributed by atoms with E-state index in [1.54, 1.807) is 13.8 Å². The summed E-state index contributed by atoms with van der Waals surface area (Å²) in [6.45, 7) is 4.30. The Morgan fingerprint density at radius 3 is 2.32 bits per heavy atom. The predicted molar refractivity (Wildman–Crippen MR) is 101 cm³/mol. The van der Waals surface area contributed by atoms with E-state index in [9.17, 15) is 32.5 Å². The van der Waals surface area contributed by atoms with Gasteiger partial charge in [0.05, 0.1) is 27.5 Å². The number of amides is 1. The van der Waals surface area contributed by atoms with Crippen molar-refractivity contribution in [1.82, 2.24) is 5.32 Å². The third kappa shape index (κ3) is 13.7. The first-order valence-electron chi connectivity index (χ1n) is 8.75. The molecule has 0 spiro atoms. The second kappa shape index (κ2) is 13.7. The molecular weight excluding hydrogens is 414 g/mol. The molecule has 0 heterocycles. The van der Waals surface area contributed by atoms with Gasteiger partial charge in [0.1, 0.15) is 19.3 Å². The third-order valence-electron chi connectivity index (χ3n) is 3.56. The summed E-state index contributed by atoms with van der Waals surface area (Å²) in [5.41, 5.74) is 0. The number of hydrogen-bond acceptors (Lipinski definition) is 10. The Hall–Kier alpha value is -1.37. The molecule has 10 nitrogen and oxygen atoms in total. The molecule has 0 aliphatic rings. The molecule has 0 aliphatic carbocycles. The van der Waals surface area contributed by atoms with Gasteiger partial charge in [0, 0.05) is 18.2 Å². The molecule has 0 fully saturated rings. The molecule has 12 heteroatoms. The van der Waals surface area contributed by atoms with Crippen molar-refractivity contribution in [3.8, 4) is 0 Å². The standard InChI is InChI=1S/C16H29NO9S2/c1-4-11(2)16(21)26-8-13(18)7-25-14(19)10-27-9-12(3)15(20)17-5-6-28(22,23)24/h11-13,18H,4-10H2,1-3H3,(H,17,20)(H,22,23,24)/p-1. The Labute approximate surface area is 169 Å². The minimum absolute atomic E-state index is 0.0497. The highest BCUT2D eigenvalue weighted by Crippen LogP contribution is 2.09. The SMILES string of the molecule is CCC(C)C(=O)OCC(O)COC(=O)CSCC(C)C(=O)NCCS(=O)(=O)[O-]. The maximum absolute atomic E-state index is 11.7. The summed E-state index contributed by atoms with van der Waals surface area (Å²) < 4.78 is 41.1. The zero-order chi connectivity index (χ0) is 21.7. The van der Waals surface area contributed by atoms with Crippen LogP contribution < -0.4 is 5.32 Å². The summed E-state index contributed by atoms with van der Waals surface area (Å²) in [7, 11) is -4.38. The van der Waals surface area contributed by atoms with Gasteiger partial charge in [0.25, 0.3) is 0 Å². The fourth-order valence-electron chi connectivity index (χ4n) is 1.63. The smallest absolute Gasteiger partial charge is 0.315 e. The van der Waals surface area contributed by atoms with Crippen LogP contribution in [0.5, 0.6) is 0 Å². The van der Waals surface area contributed by atoms with Gasteiger partial charge in [-0.3, -0.25) is 14.4 Å². The highest BCUT2D eigenvalue weighted by Gasteiger charge is 2.17. The lowest BCUT2D eigenvalue weighted by Gasteiger charge is -2.14. The number of nitrogens with one attached hydrogen (secondary N) is 1. The molecule has 3 atom stereocenters. The van der Waals surface area contributed by atoms with Gasteiger partial charge in [-0.2, -0.15) is 0 Å². The monoisotopic (exact) mass is 442 g/mol. The maximum Gasteiger partial charge on any atom is 0.315 e. The molecule has 2 N–H and O–H groups in total. The first kappa shape index (κ1) is 26.6. The number of rotatable bonds is 14. The van der Waals surface area contributed by atoms with Crippen LogP contribution in [-0.4, -0.2) is 79.0 Å². The molecule has 3 unspecified atom stereocenters. The van der Waals surface area contributed by atoms with Crippen LogP contribution in [0, 0.1) is 11.8 Å². The number of hydrogen-bond donors (Lipinski definition) is 2. The van der Waals surface area contributed by atoms with Crippen LogP contribution in [-0.2, 0) is 34.0 Å². The average Bonchev–Trinajstić information content (AvgIpc) is 2.62. The van der Waals surface area contributed by atoms with E-state index in [0.29, 0.717) is 6.42 Å². The van der Waals surface area contributed by atoms with Crippen molar-refractivity contribution in [3.63, 3.8) is 0 Å². The van der Waals surface area contributed by atoms with Crippen LogP contribution in [0.25, 0.3) is 0 Å². The van der Waals surface area contributed by atoms with E-state index < -0.39 is 45.7 Å². The quantitative estimate of drug-likeness (QED) is 0.265. The Kier molecular flexibility index (Phi) is 13.1. The largest absolute Gasteiger partial charge is 0.748 e. The van der Waals surface area contributed by atoms with E-state index in [1.165, 1.54) is 0 Å². The molecule has 164 valence electrons. The summed E-state index contributed by atoms with van der Waals surface area (Å²) >= 11 is 1.13. The van der Waals surface area contributed by atoms with Gasteiger partial charge < -0.3 is 24.4 Å². The van der Waals surface area contributed by atoms with Gasteiger partial charge in [-0.15, -0.1) is 11.8 Å². The highest BCUT2D eigenvalue weighted by molar-refractivity contribution is 7.99. The molecule has 0 aromatic heterocycles. The summed E-state index contributed by atoms with van der Waals surface area (Å²) in [4.78, 5) is 34.8. The highest BCUT2D eigenvalue weighted by atomic mass is 32.2. The molecule has 0 rings (SSSR count). The Bertz CT molecular complexity index is 609. The van der Waals surface area contributed by atoms with E-state index in [0.717, 1.165) is 11.8 Å².